The average molecular weight is 853 g/mol. The monoisotopic (exact) mass is 852 g/mol. The summed E-state index contributed by atoms with van der Waals surface area (Å²) in [6.45, 7) is 0. The van der Waals surface area contributed by atoms with Crippen LogP contribution in [0.5, 0.6) is 5.75 Å². The molecule has 21 nitrogen and oxygen atoms in total. The van der Waals surface area contributed by atoms with Gasteiger partial charge in [-0.1, -0.05) is 0 Å². The molecule has 0 saturated carbocycles. The molecule has 5 aromatic rings. The van der Waals surface area contributed by atoms with Crippen LogP contribution in [0.1, 0.15) is 0 Å². The summed E-state index contributed by atoms with van der Waals surface area (Å²) in [7, 11) is -21.7. The molecule has 0 aliphatic carbocycles. The lowest BCUT2D eigenvalue weighted by atomic mass is 10.1. The topological polar surface area (TPSA) is 351 Å². The first kappa shape index (κ1) is 40.4. The van der Waals surface area contributed by atoms with Crippen molar-refractivity contribution in [1.82, 2.24) is 9.97 Å². The highest BCUT2D eigenvalue weighted by Gasteiger charge is 2.29. The van der Waals surface area contributed by atoms with Crippen LogP contribution in [0.15, 0.2) is 88.6 Å². The molecule has 0 atom stereocenters. The highest BCUT2D eigenvalue weighted by atomic mass is 32.2. The molecule has 0 unspecified atom stereocenters. The molecule has 0 amide bonds. The Labute approximate surface area is 303 Å². The van der Waals surface area contributed by atoms with Gasteiger partial charge in [0.1, 0.15) is 54.9 Å². The van der Waals surface area contributed by atoms with Crippen LogP contribution in [0.2, 0.25) is 0 Å². The number of benzene rings is 4. The summed E-state index contributed by atoms with van der Waals surface area (Å²) < 4.78 is 192. The third kappa shape index (κ3) is 8.62. The fraction of sp³-hybridized carbons (Fsp3) is 0. The van der Waals surface area contributed by atoms with Crippen molar-refractivity contribution in [2.75, 3.05) is 11.1 Å². The number of azo groups is 2. The Balaban J connectivity index is 1.77. The predicted molar refractivity (Wildman–Crippen MR) is 176 cm³/mol. The Morgan fingerprint density at radius 3 is 1.76 bits per heavy atom. The van der Waals surface area contributed by atoms with Gasteiger partial charge < -0.3 is 16.2 Å². The summed E-state index contributed by atoms with van der Waals surface area (Å²) in [6, 6.07) is 4.08. The van der Waals surface area contributed by atoms with Crippen LogP contribution >= 0.6 is 0 Å². The first-order valence-electron chi connectivity index (χ1n) is 13.7. The van der Waals surface area contributed by atoms with Crippen molar-refractivity contribution in [3.63, 3.8) is 0 Å². The third-order valence-electron chi connectivity index (χ3n) is 6.81. The van der Waals surface area contributed by atoms with Gasteiger partial charge >= 0.3 is 6.08 Å². The molecule has 8 N–H and O–H groups in total. The molecule has 1 aromatic heterocycles. The van der Waals surface area contributed by atoms with Crippen LogP contribution in [0.25, 0.3) is 10.8 Å². The number of phenols is 1. The molecule has 5 rings (SSSR count). The van der Waals surface area contributed by atoms with Gasteiger partial charge in [-0.2, -0.15) is 52.4 Å². The molecule has 0 spiro atoms. The van der Waals surface area contributed by atoms with E-state index in [0.717, 1.165) is 12.1 Å². The molecule has 0 fully saturated rings. The number of aromatic hydroxyl groups is 1. The third-order valence-corrected chi connectivity index (χ3v) is 10.4. The standard InChI is InChI=1S/C26H16F4N8O13S4/c27-10-5-12(28)25(55(49,50)51)14(6-10)36-37-22-16(53(43,44)45)3-9-4-17(54(46,47)48)23(24(39)20(9)21(22)31)38-35-13-7-11(1-2-15(13)52(40,41)42)32-19-8-18(29)33-26(30)34-19/h1-8,39H,31H2,(H,32,33,34)(H,40,41,42)(H,43,44,45)(H,46,47,48)(H,49,50,51)/b37-36+,38-35+. The van der Waals surface area contributed by atoms with E-state index in [9.17, 15) is 74.6 Å². The minimum atomic E-state index is -5.52. The van der Waals surface area contributed by atoms with Crippen LogP contribution in [-0.2, 0) is 40.5 Å². The van der Waals surface area contributed by atoms with E-state index in [0.29, 0.717) is 24.3 Å². The number of hydrogen-bond donors (Lipinski definition) is 7. The predicted octanol–water partition coefficient (Wildman–Crippen LogP) is 5.04. The minimum Gasteiger partial charge on any atom is -0.505 e. The SMILES string of the molecule is Nc1c(/N=N/c2cc(F)cc(F)c2S(=O)(=O)O)c(S(=O)(=O)O)cc2cc(S(=O)(=O)O)c(/N=N/c3cc(Nc4cc(F)nc(F)n4)ccc3S(=O)(=O)O)c(O)c12. The fourth-order valence-corrected chi connectivity index (χ4v) is 7.28. The summed E-state index contributed by atoms with van der Waals surface area (Å²) in [5.74, 6) is -6.60. The fourth-order valence-electron chi connectivity index (χ4n) is 4.68. The van der Waals surface area contributed by atoms with Crippen LogP contribution in [0.3, 0.4) is 0 Å². The first-order chi connectivity index (χ1) is 25.3. The number of nitrogens with one attached hydrogen (secondary N) is 1. The van der Waals surface area contributed by atoms with Crippen molar-refractivity contribution >= 4 is 91.2 Å². The number of hydrogen-bond acceptors (Lipinski definition) is 17. The maximum Gasteiger partial charge on any atom is 0.313 e. The molecule has 29 heteroatoms. The highest BCUT2D eigenvalue weighted by Crippen LogP contribution is 2.48. The van der Waals surface area contributed by atoms with Gasteiger partial charge in [-0.3, -0.25) is 18.2 Å². The Kier molecular flexibility index (Phi) is 10.4. The number of anilines is 3. The molecule has 0 radical (unpaired) electrons. The summed E-state index contributed by atoms with van der Waals surface area (Å²) in [5.41, 5.74) is 0.0857. The number of aromatic nitrogens is 2. The van der Waals surface area contributed by atoms with Crippen LogP contribution in [0, 0.1) is 23.7 Å². The summed E-state index contributed by atoms with van der Waals surface area (Å²) in [5, 5.41) is 25.6. The van der Waals surface area contributed by atoms with Crippen molar-refractivity contribution in [2.45, 2.75) is 19.6 Å². The van der Waals surface area contributed by atoms with Gasteiger partial charge in [-0.25, -0.2) is 8.78 Å². The first-order valence-corrected chi connectivity index (χ1v) is 19.5. The maximum atomic E-state index is 14.3. The molecule has 55 heavy (non-hydrogen) atoms. The van der Waals surface area contributed by atoms with E-state index in [2.05, 4.69) is 35.7 Å². The van der Waals surface area contributed by atoms with Gasteiger partial charge in [-0.05, 0) is 35.7 Å². The Morgan fingerprint density at radius 2 is 1.20 bits per heavy atom. The van der Waals surface area contributed by atoms with Crippen LogP contribution in [-0.4, -0.2) is 67.0 Å². The largest absolute Gasteiger partial charge is 0.505 e. The van der Waals surface area contributed by atoms with Gasteiger partial charge in [0.2, 0.25) is 5.95 Å². The number of fused-ring (bicyclic) bond motifs is 1. The zero-order chi connectivity index (χ0) is 41.0. The number of nitrogen functional groups attached to an aromatic ring is 1. The smallest absolute Gasteiger partial charge is 0.313 e. The van der Waals surface area contributed by atoms with Crippen molar-refractivity contribution in [2.24, 2.45) is 20.5 Å². The second-order valence-electron chi connectivity index (χ2n) is 10.5. The summed E-state index contributed by atoms with van der Waals surface area (Å²) in [4.78, 5) is 0.642. The lowest BCUT2D eigenvalue weighted by molar-refractivity contribution is 0.470. The molecule has 0 aliphatic rings. The Morgan fingerprint density at radius 1 is 0.636 bits per heavy atom. The molecular formula is C26H16F4N8O13S4. The molecule has 0 aliphatic heterocycles. The molecule has 0 saturated heterocycles. The number of nitrogens with zero attached hydrogens (tertiary/aromatic N) is 6. The summed E-state index contributed by atoms with van der Waals surface area (Å²) in [6.07, 6.45) is -1.51. The van der Waals surface area contributed by atoms with E-state index in [4.69, 9.17) is 5.73 Å². The number of phenolic OH excluding ortho intramolecular Hbond substituents is 1. The zero-order valence-corrected chi connectivity index (χ0v) is 29.3. The molecule has 4 aromatic carbocycles. The van der Waals surface area contributed by atoms with Crippen LogP contribution < -0.4 is 11.1 Å². The lowest BCUT2D eigenvalue weighted by Gasteiger charge is -2.14. The number of nitrogens with two attached hydrogens (primary N) is 1. The zero-order valence-electron chi connectivity index (χ0n) is 26.0. The van der Waals surface area contributed by atoms with Gasteiger partial charge in [0.05, 0.1) is 11.1 Å². The van der Waals surface area contributed by atoms with E-state index in [1.54, 1.807) is 0 Å². The van der Waals surface area contributed by atoms with E-state index >= 15 is 0 Å². The molecule has 0 bridgehead atoms. The van der Waals surface area contributed by atoms with Crippen molar-refractivity contribution in [3.05, 3.63) is 72.2 Å². The average Bonchev–Trinajstić information content (AvgIpc) is 3.00. The second-order valence-corrected chi connectivity index (χ2v) is 16.0. The van der Waals surface area contributed by atoms with E-state index in [1.807, 2.05) is 0 Å². The van der Waals surface area contributed by atoms with Crippen molar-refractivity contribution < 1.29 is 74.6 Å². The molecule has 290 valence electrons. The maximum absolute atomic E-state index is 14.3. The summed E-state index contributed by atoms with van der Waals surface area (Å²) >= 11 is 0. The Hall–Kier alpha value is -5.82. The highest BCUT2D eigenvalue weighted by molar-refractivity contribution is 7.86. The van der Waals surface area contributed by atoms with Gasteiger partial charge in [0.15, 0.2) is 10.6 Å². The lowest BCUT2D eigenvalue weighted by Crippen LogP contribution is -2.04. The van der Waals surface area contributed by atoms with Crippen molar-refractivity contribution in [3.8, 4) is 5.75 Å². The van der Waals surface area contributed by atoms with Gasteiger partial charge in [-0.15, -0.1) is 20.5 Å². The van der Waals surface area contributed by atoms with Crippen LogP contribution in [0.4, 0.5) is 57.5 Å². The minimum absolute atomic E-state index is 0.0309. The molecule has 1 heterocycles. The Bertz CT molecular complexity index is 2970. The van der Waals surface area contributed by atoms with E-state index in [1.165, 1.54) is 0 Å². The quantitative estimate of drug-likeness (QED) is 0.0242. The van der Waals surface area contributed by atoms with E-state index < -0.39 is 134 Å². The van der Waals surface area contributed by atoms with E-state index in [-0.39, 0.29) is 17.8 Å². The molecular weight excluding hydrogens is 837 g/mol. The van der Waals surface area contributed by atoms with Crippen molar-refractivity contribution in [1.29, 1.82) is 0 Å². The second kappa shape index (κ2) is 14.1. The number of halogens is 4. The normalized spacial score (nSPS) is 12.9. The van der Waals surface area contributed by atoms with Gasteiger partial charge in [0.25, 0.3) is 40.5 Å². The van der Waals surface area contributed by atoms with Gasteiger partial charge in [0, 0.05) is 23.9 Å². The number of rotatable bonds is 10.